The first-order valence-corrected chi connectivity index (χ1v) is 8.88. The fraction of sp³-hybridized carbons (Fsp3) is 0. The Kier molecular flexibility index (Phi) is 4.51. The van der Waals surface area contributed by atoms with Crippen LogP contribution in [0, 0.1) is 10.1 Å². The van der Waals surface area contributed by atoms with Gasteiger partial charge in [0.1, 0.15) is 15.4 Å². The lowest BCUT2D eigenvalue weighted by Gasteiger charge is -2.10. The summed E-state index contributed by atoms with van der Waals surface area (Å²) in [4.78, 5) is 13.8. The molecule has 2 aromatic carbocycles. The standard InChI is InChI=1S/C15H8Cl2N2O5S/c16-11-5-6-14(15-10(11)2-1-7-18-15)24-25(22,23)9-3-4-12(17)13(8-9)19(20)21/h1-8H. The molecular weight excluding hydrogens is 391 g/mol. The highest BCUT2D eigenvalue weighted by atomic mass is 35.5. The Morgan fingerprint density at radius 1 is 1.08 bits per heavy atom. The van der Waals surface area contributed by atoms with Crippen molar-refractivity contribution in [3.8, 4) is 5.75 Å². The average Bonchev–Trinajstić information content (AvgIpc) is 2.57. The van der Waals surface area contributed by atoms with Crippen LogP contribution in [0.3, 0.4) is 0 Å². The predicted octanol–water partition coefficient (Wildman–Crippen LogP) is 4.22. The van der Waals surface area contributed by atoms with E-state index in [2.05, 4.69) is 4.98 Å². The highest BCUT2D eigenvalue weighted by Crippen LogP contribution is 2.33. The number of hydrogen-bond acceptors (Lipinski definition) is 6. The third-order valence-electron chi connectivity index (χ3n) is 3.28. The van der Waals surface area contributed by atoms with Crippen LogP contribution in [0.4, 0.5) is 5.69 Å². The molecule has 0 aliphatic carbocycles. The third-order valence-corrected chi connectivity index (χ3v) is 5.16. The van der Waals surface area contributed by atoms with Crippen LogP contribution in [0.1, 0.15) is 0 Å². The van der Waals surface area contributed by atoms with Crippen molar-refractivity contribution < 1.29 is 17.5 Å². The summed E-state index contributed by atoms with van der Waals surface area (Å²) in [7, 11) is -4.34. The predicted molar refractivity (Wildman–Crippen MR) is 92.7 cm³/mol. The summed E-state index contributed by atoms with van der Waals surface area (Å²) in [5, 5.41) is 11.7. The van der Waals surface area contributed by atoms with Crippen molar-refractivity contribution in [2.45, 2.75) is 4.90 Å². The fourth-order valence-corrected chi connectivity index (χ4v) is 3.49. The lowest BCUT2D eigenvalue weighted by atomic mass is 10.2. The summed E-state index contributed by atoms with van der Waals surface area (Å²) in [6, 6.07) is 9.22. The largest absolute Gasteiger partial charge is 0.377 e. The van der Waals surface area contributed by atoms with Crippen LogP contribution in [0.5, 0.6) is 5.75 Å². The molecule has 0 bridgehead atoms. The monoisotopic (exact) mass is 398 g/mol. The van der Waals surface area contributed by atoms with Crippen LogP contribution in [0.2, 0.25) is 10.0 Å². The summed E-state index contributed by atoms with van der Waals surface area (Å²) in [6.45, 7) is 0. The molecule has 7 nitrogen and oxygen atoms in total. The quantitative estimate of drug-likeness (QED) is 0.370. The van der Waals surface area contributed by atoms with E-state index in [1.165, 1.54) is 18.3 Å². The third kappa shape index (κ3) is 3.37. The van der Waals surface area contributed by atoms with Gasteiger partial charge in [-0.15, -0.1) is 0 Å². The fourth-order valence-electron chi connectivity index (χ4n) is 2.13. The number of benzene rings is 2. The summed E-state index contributed by atoms with van der Waals surface area (Å²) < 4.78 is 30.1. The Morgan fingerprint density at radius 2 is 1.80 bits per heavy atom. The molecule has 128 valence electrons. The number of hydrogen-bond donors (Lipinski definition) is 0. The van der Waals surface area contributed by atoms with Crippen molar-refractivity contribution in [3.05, 3.63) is 68.8 Å². The minimum atomic E-state index is -4.34. The van der Waals surface area contributed by atoms with Crippen LogP contribution < -0.4 is 4.18 Å². The maximum absolute atomic E-state index is 12.5. The second kappa shape index (κ2) is 6.47. The topological polar surface area (TPSA) is 99.4 Å². The van der Waals surface area contributed by atoms with Gasteiger partial charge in [0.05, 0.1) is 9.95 Å². The summed E-state index contributed by atoms with van der Waals surface area (Å²) >= 11 is 11.8. The first-order valence-electron chi connectivity index (χ1n) is 6.71. The maximum atomic E-state index is 12.5. The van der Waals surface area contributed by atoms with E-state index in [0.29, 0.717) is 10.4 Å². The molecule has 3 rings (SSSR count). The van der Waals surface area contributed by atoms with E-state index >= 15 is 0 Å². The van der Waals surface area contributed by atoms with Crippen molar-refractivity contribution in [3.63, 3.8) is 0 Å². The van der Waals surface area contributed by atoms with Crippen molar-refractivity contribution in [2.75, 3.05) is 0 Å². The van der Waals surface area contributed by atoms with Gasteiger partial charge in [0, 0.05) is 17.6 Å². The number of rotatable bonds is 4. The van der Waals surface area contributed by atoms with E-state index in [0.717, 1.165) is 18.2 Å². The Morgan fingerprint density at radius 3 is 2.52 bits per heavy atom. The normalized spacial score (nSPS) is 11.4. The smallest absolute Gasteiger partial charge is 0.339 e. The van der Waals surface area contributed by atoms with E-state index < -0.39 is 25.6 Å². The number of nitrogens with zero attached hydrogens (tertiary/aromatic N) is 2. The second-order valence-corrected chi connectivity index (χ2v) is 7.21. The molecule has 0 amide bonds. The number of nitro benzene ring substituents is 1. The molecule has 0 atom stereocenters. The van der Waals surface area contributed by atoms with Gasteiger partial charge in [-0.05, 0) is 36.4 Å². The van der Waals surface area contributed by atoms with E-state index in [1.54, 1.807) is 12.1 Å². The molecule has 0 N–H and O–H groups in total. The molecule has 0 spiro atoms. The van der Waals surface area contributed by atoms with Gasteiger partial charge < -0.3 is 4.18 Å². The van der Waals surface area contributed by atoms with Crippen molar-refractivity contribution >= 4 is 49.9 Å². The Labute approximate surface area is 152 Å². The van der Waals surface area contributed by atoms with E-state index in [4.69, 9.17) is 27.4 Å². The summed E-state index contributed by atoms with van der Waals surface area (Å²) in [6.07, 6.45) is 1.46. The average molecular weight is 399 g/mol. The number of halogens is 2. The number of aromatic nitrogens is 1. The van der Waals surface area contributed by atoms with Gasteiger partial charge in [0.15, 0.2) is 5.75 Å². The molecule has 10 heteroatoms. The first kappa shape index (κ1) is 17.4. The van der Waals surface area contributed by atoms with E-state index in [9.17, 15) is 18.5 Å². The lowest BCUT2D eigenvalue weighted by molar-refractivity contribution is -0.384. The Bertz CT molecular complexity index is 1100. The van der Waals surface area contributed by atoms with Gasteiger partial charge in [-0.3, -0.25) is 15.1 Å². The van der Waals surface area contributed by atoms with Gasteiger partial charge in [-0.2, -0.15) is 8.42 Å². The SMILES string of the molecule is O=[N+]([O-])c1cc(S(=O)(=O)Oc2ccc(Cl)c3cccnc23)ccc1Cl. The van der Waals surface area contributed by atoms with E-state index in [1.807, 2.05) is 0 Å². The Balaban J connectivity index is 2.08. The molecule has 1 aromatic heterocycles. The second-order valence-electron chi connectivity index (χ2n) is 4.85. The molecule has 25 heavy (non-hydrogen) atoms. The maximum Gasteiger partial charge on any atom is 0.339 e. The van der Waals surface area contributed by atoms with E-state index in [-0.39, 0.29) is 16.3 Å². The Hall–Kier alpha value is -2.42. The molecule has 0 fully saturated rings. The zero-order valence-corrected chi connectivity index (χ0v) is 14.5. The van der Waals surface area contributed by atoms with Crippen LogP contribution >= 0.6 is 23.2 Å². The van der Waals surface area contributed by atoms with Crippen molar-refractivity contribution in [2.24, 2.45) is 0 Å². The summed E-state index contributed by atoms with van der Waals surface area (Å²) in [5.41, 5.74) is -0.285. The molecule has 0 aliphatic rings. The van der Waals surface area contributed by atoms with Gasteiger partial charge >= 0.3 is 10.1 Å². The molecule has 3 aromatic rings. The molecule has 1 heterocycles. The molecule has 0 unspecified atom stereocenters. The van der Waals surface area contributed by atoms with Crippen LogP contribution in [-0.2, 0) is 10.1 Å². The molecule has 0 aliphatic heterocycles. The highest BCUT2D eigenvalue weighted by molar-refractivity contribution is 7.87. The summed E-state index contributed by atoms with van der Waals surface area (Å²) in [5.74, 6) is -0.0439. The highest BCUT2D eigenvalue weighted by Gasteiger charge is 2.23. The van der Waals surface area contributed by atoms with Gasteiger partial charge in [0.2, 0.25) is 0 Å². The molecule has 0 saturated heterocycles. The van der Waals surface area contributed by atoms with Gasteiger partial charge in [0.25, 0.3) is 5.69 Å². The van der Waals surface area contributed by atoms with Gasteiger partial charge in [-0.25, -0.2) is 0 Å². The molecular formula is C15H8Cl2N2O5S. The van der Waals surface area contributed by atoms with Gasteiger partial charge in [-0.1, -0.05) is 23.2 Å². The number of fused-ring (bicyclic) bond motifs is 1. The van der Waals surface area contributed by atoms with Crippen LogP contribution in [0.15, 0.2) is 53.6 Å². The van der Waals surface area contributed by atoms with Crippen molar-refractivity contribution in [1.82, 2.24) is 4.98 Å². The lowest BCUT2D eigenvalue weighted by Crippen LogP contribution is -2.10. The minimum Gasteiger partial charge on any atom is -0.377 e. The van der Waals surface area contributed by atoms with Crippen LogP contribution in [0.25, 0.3) is 10.9 Å². The number of pyridine rings is 1. The van der Waals surface area contributed by atoms with Crippen LogP contribution in [-0.4, -0.2) is 18.3 Å². The van der Waals surface area contributed by atoms with Crippen molar-refractivity contribution in [1.29, 1.82) is 0 Å². The first-order chi connectivity index (χ1) is 11.8. The number of nitro groups is 1. The minimum absolute atomic E-state index is 0.0439. The zero-order chi connectivity index (χ0) is 18.2. The zero-order valence-electron chi connectivity index (χ0n) is 12.2. The molecule has 0 radical (unpaired) electrons. The molecule has 0 saturated carbocycles.